The van der Waals surface area contributed by atoms with E-state index < -0.39 is 0 Å². The van der Waals surface area contributed by atoms with Gasteiger partial charge >= 0.3 is 0 Å². The largest absolute Gasteiger partial charge is 0.377 e. The Bertz CT molecular complexity index is 492. The van der Waals surface area contributed by atoms with Crippen LogP contribution in [0, 0.1) is 0 Å². The van der Waals surface area contributed by atoms with Crippen LogP contribution in [0.1, 0.15) is 43.5 Å². The normalized spacial score (nSPS) is 22.1. The number of hydrogen-bond donors (Lipinski definition) is 1. The maximum absolute atomic E-state index is 12.8. The molecule has 116 valence electrons. The molecule has 0 saturated carbocycles. The molecule has 1 aromatic rings. The first kappa shape index (κ1) is 15.8. The summed E-state index contributed by atoms with van der Waals surface area (Å²) in [7, 11) is 1.71. The Hall–Kier alpha value is -1.62. The number of aromatic nitrogens is 1. The quantitative estimate of drug-likeness (QED) is 0.906. The summed E-state index contributed by atoms with van der Waals surface area (Å²) in [5, 5.41) is 3.23. The van der Waals surface area contributed by atoms with Crippen molar-refractivity contribution >= 4 is 11.7 Å². The van der Waals surface area contributed by atoms with Crippen LogP contribution in [-0.2, 0) is 4.74 Å². The van der Waals surface area contributed by atoms with Crippen molar-refractivity contribution in [3.8, 4) is 0 Å². The molecule has 2 heterocycles. The van der Waals surface area contributed by atoms with Gasteiger partial charge in [0.15, 0.2) is 0 Å². The number of carbonyl (C=O) groups is 1. The summed E-state index contributed by atoms with van der Waals surface area (Å²) < 4.78 is 5.56. The molecule has 0 spiro atoms. The molecule has 21 heavy (non-hydrogen) atoms. The van der Waals surface area contributed by atoms with Gasteiger partial charge in [0, 0.05) is 32.9 Å². The number of amides is 1. The monoisotopic (exact) mass is 291 g/mol. The molecule has 1 unspecified atom stereocenters. The van der Waals surface area contributed by atoms with Crippen LogP contribution in [0.25, 0.3) is 0 Å². The van der Waals surface area contributed by atoms with Gasteiger partial charge in [-0.3, -0.25) is 4.79 Å². The summed E-state index contributed by atoms with van der Waals surface area (Å²) in [5.41, 5.74) is 0.402. The number of pyridine rings is 1. The molecule has 0 aromatic carbocycles. The molecule has 5 nitrogen and oxygen atoms in total. The fourth-order valence-corrected chi connectivity index (χ4v) is 2.68. The highest BCUT2D eigenvalue weighted by molar-refractivity contribution is 5.98. The van der Waals surface area contributed by atoms with Crippen LogP contribution in [0.15, 0.2) is 18.3 Å². The SMILES string of the molecule is CCCNc1ncccc1C(=O)N1CCCC(C)(OC)C1. The van der Waals surface area contributed by atoms with Crippen LogP contribution < -0.4 is 5.32 Å². The zero-order valence-corrected chi connectivity index (χ0v) is 13.2. The van der Waals surface area contributed by atoms with E-state index in [1.807, 2.05) is 17.0 Å². The zero-order chi connectivity index (χ0) is 15.3. The summed E-state index contributed by atoms with van der Waals surface area (Å²) >= 11 is 0. The van der Waals surface area contributed by atoms with E-state index in [0.717, 1.165) is 32.4 Å². The minimum absolute atomic E-state index is 0.0321. The van der Waals surface area contributed by atoms with Crippen LogP contribution in [-0.4, -0.2) is 48.1 Å². The molecule has 1 aliphatic heterocycles. The second-order valence-electron chi connectivity index (χ2n) is 5.81. The molecule has 1 aromatic heterocycles. The first-order valence-corrected chi connectivity index (χ1v) is 7.63. The molecule has 0 radical (unpaired) electrons. The fourth-order valence-electron chi connectivity index (χ4n) is 2.68. The summed E-state index contributed by atoms with van der Waals surface area (Å²) in [6.45, 7) is 6.37. The number of carbonyl (C=O) groups excluding carboxylic acids is 1. The van der Waals surface area contributed by atoms with Crippen LogP contribution in [0.5, 0.6) is 0 Å². The van der Waals surface area contributed by atoms with Gasteiger partial charge < -0.3 is 15.0 Å². The molecule has 2 rings (SSSR count). The van der Waals surface area contributed by atoms with Crippen LogP contribution in [0.4, 0.5) is 5.82 Å². The zero-order valence-electron chi connectivity index (χ0n) is 13.2. The Balaban J connectivity index is 2.16. The van der Waals surface area contributed by atoms with E-state index in [2.05, 4.69) is 24.1 Å². The van der Waals surface area contributed by atoms with Gasteiger partial charge in [0.2, 0.25) is 0 Å². The highest BCUT2D eigenvalue weighted by atomic mass is 16.5. The molecule has 1 saturated heterocycles. The molecule has 1 N–H and O–H groups in total. The number of nitrogens with zero attached hydrogens (tertiary/aromatic N) is 2. The molecule has 0 aliphatic carbocycles. The average Bonchev–Trinajstić information content (AvgIpc) is 2.52. The Labute approximate surface area is 126 Å². The van der Waals surface area contributed by atoms with Gasteiger partial charge in [-0.25, -0.2) is 4.98 Å². The van der Waals surface area contributed by atoms with Crippen molar-refractivity contribution in [1.29, 1.82) is 0 Å². The lowest BCUT2D eigenvalue weighted by Crippen LogP contribution is -2.49. The second kappa shape index (κ2) is 6.89. The third-order valence-corrected chi connectivity index (χ3v) is 4.02. The maximum atomic E-state index is 12.8. The highest BCUT2D eigenvalue weighted by Gasteiger charge is 2.34. The van der Waals surface area contributed by atoms with Gasteiger partial charge in [0.1, 0.15) is 5.82 Å². The lowest BCUT2D eigenvalue weighted by molar-refractivity contribution is -0.0440. The van der Waals surface area contributed by atoms with E-state index in [1.54, 1.807) is 13.3 Å². The number of likely N-dealkylation sites (tertiary alicyclic amines) is 1. The third-order valence-electron chi connectivity index (χ3n) is 4.02. The van der Waals surface area contributed by atoms with E-state index in [0.29, 0.717) is 17.9 Å². The number of hydrogen-bond acceptors (Lipinski definition) is 4. The van der Waals surface area contributed by atoms with E-state index >= 15 is 0 Å². The van der Waals surface area contributed by atoms with Gasteiger partial charge in [0.05, 0.1) is 11.2 Å². The van der Waals surface area contributed by atoms with Crippen molar-refractivity contribution in [3.63, 3.8) is 0 Å². The smallest absolute Gasteiger partial charge is 0.257 e. The predicted octanol–water partition coefficient (Wildman–Crippen LogP) is 2.54. The Morgan fingerprint density at radius 3 is 3.10 bits per heavy atom. The lowest BCUT2D eigenvalue weighted by atomic mass is 9.94. The number of nitrogens with one attached hydrogen (secondary N) is 1. The van der Waals surface area contributed by atoms with Crippen molar-refractivity contribution in [2.24, 2.45) is 0 Å². The van der Waals surface area contributed by atoms with Crippen LogP contribution in [0.2, 0.25) is 0 Å². The van der Waals surface area contributed by atoms with Gasteiger partial charge in [-0.2, -0.15) is 0 Å². The van der Waals surface area contributed by atoms with Crippen molar-refractivity contribution in [1.82, 2.24) is 9.88 Å². The van der Waals surface area contributed by atoms with E-state index in [9.17, 15) is 4.79 Å². The van der Waals surface area contributed by atoms with E-state index in [-0.39, 0.29) is 11.5 Å². The van der Waals surface area contributed by atoms with Crippen molar-refractivity contribution in [2.75, 3.05) is 32.1 Å². The first-order chi connectivity index (χ1) is 10.1. The first-order valence-electron chi connectivity index (χ1n) is 7.63. The van der Waals surface area contributed by atoms with Gasteiger partial charge in [-0.05, 0) is 38.3 Å². The van der Waals surface area contributed by atoms with E-state index in [4.69, 9.17) is 4.74 Å². The summed E-state index contributed by atoms with van der Waals surface area (Å²) in [6.07, 6.45) is 4.66. The molecule has 0 bridgehead atoms. The number of piperidine rings is 1. The summed E-state index contributed by atoms with van der Waals surface area (Å²) in [4.78, 5) is 19.0. The highest BCUT2D eigenvalue weighted by Crippen LogP contribution is 2.26. The van der Waals surface area contributed by atoms with Crippen molar-refractivity contribution in [2.45, 2.75) is 38.7 Å². The molecule has 1 atom stereocenters. The molecule has 1 amide bonds. The standard InChI is InChI=1S/C16H25N3O2/c1-4-9-17-14-13(7-5-10-18-14)15(20)19-11-6-8-16(2,12-19)21-3/h5,7,10H,4,6,8-9,11-12H2,1-3H3,(H,17,18). The van der Waals surface area contributed by atoms with Crippen molar-refractivity contribution in [3.05, 3.63) is 23.9 Å². The van der Waals surface area contributed by atoms with Gasteiger partial charge in [0.25, 0.3) is 5.91 Å². The fraction of sp³-hybridized carbons (Fsp3) is 0.625. The second-order valence-corrected chi connectivity index (χ2v) is 5.81. The van der Waals surface area contributed by atoms with Gasteiger partial charge in [-0.1, -0.05) is 6.92 Å². The van der Waals surface area contributed by atoms with Gasteiger partial charge in [-0.15, -0.1) is 0 Å². The lowest BCUT2D eigenvalue weighted by Gasteiger charge is -2.39. The van der Waals surface area contributed by atoms with E-state index in [1.165, 1.54) is 0 Å². The molecular weight excluding hydrogens is 266 g/mol. The van der Waals surface area contributed by atoms with Crippen molar-refractivity contribution < 1.29 is 9.53 Å². The predicted molar refractivity (Wildman–Crippen MR) is 83.6 cm³/mol. The minimum atomic E-state index is -0.243. The number of ether oxygens (including phenoxy) is 1. The number of methoxy groups -OCH3 is 1. The topological polar surface area (TPSA) is 54.5 Å². The molecular formula is C16H25N3O2. The third kappa shape index (κ3) is 3.73. The number of rotatable bonds is 5. The summed E-state index contributed by atoms with van der Waals surface area (Å²) in [6, 6.07) is 3.65. The molecule has 1 fully saturated rings. The van der Waals surface area contributed by atoms with Crippen LogP contribution >= 0.6 is 0 Å². The Morgan fingerprint density at radius 2 is 2.38 bits per heavy atom. The Kier molecular flexibility index (Phi) is 5.17. The van der Waals surface area contributed by atoms with Crippen LogP contribution in [0.3, 0.4) is 0 Å². The molecule has 5 heteroatoms. The Morgan fingerprint density at radius 1 is 1.57 bits per heavy atom. The molecule has 1 aliphatic rings. The summed E-state index contributed by atoms with van der Waals surface area (Å²) in [5.74, 6) is 0.707. The maximum Gasteiger partial charge on any atom is 0.257 e. The minimum Gasteiger partial charge on any atom is -0.377 e. The number of anilines is 1. The average molecular weight is 291 g/mol.